The Kier molecular flexibility index (Phi) is 4.43. The van der Waals surface area contributed by atoms with Crippen LogP contribution in [0.1, 0.15) is 47.3 Å². The van der Waals surface area contributed by atoms with Gasteiger partial charge in [0.1, 0.15) is 4.88 Å². The SMILES string of the molecule is Cc1ncc(C(=O)NC2(CBr)CCCC(C)C2)s1. The highest BCUT2D eigenvalue weighted by atomic mass is 79.9. The van der Waals surface area contributed by atoms with Crippen LogP contribution in [0.2, 0.25) is 0 Å². The second-order valence-electron chi connectivity index (χ2n) is 5.31. The molecule has 3 nitrogen and oxygen atoms in total. The first-order valence-electron chi connectivity index (χ1n) is 6.35. The molecule has 5 heteroatoms. The first-order valence-corrected chi connectivity index (χ1v) is 8.29. The van der Waals surface area contributed by atoms with Gasteiger partial charge in [0, 0.05) is 5.33 Å². The second kappa shape index (κ2) is 5.70. The number of nitrogens with one attached hydrogen (secondary N) is 1. The third-order valence-corrected chi connectivity index (χ3v) is 5.56. The van der Waals surface area contributed by atoms with Gasteiger partial charge < -0.3 is 5.32 Å². The molecule has 1 N–H and O–H groups in total. The number of rotatable bonds is 3. The molecule has 100 valence electrons. The number of aromatic nitrogens is 1. The lowest BCUT2D eigenvalue weighted by Crippen LogP contribution is -2.52. The molecule has 0 radical (unpaired) electrons. The summed E-state index contributed by atoms with van der Waals surface area (Å²) in [5, 5.41) is 4.99. The highest BCUT2D eigenvalue weighted by Gasteiger charge is 2.35. The van der Waals surface area contributed by atoms with Crippen molar-refractivity contribution in [2.75, 3.05) is 5.33 Å². The van der Waals surface area contributed by atoms with Crippen molar-refractivity contribution in [2.24, 2.45) is 5.92 Å². The van der Waals surface area contributed by atoms with Crippen LogP contribution >= 0.6 is 27.3 Å². The van der Waals surface area contributed by atoms with Crippen molar-refractivity contribution in [1.82, 2.24) is 10.3 Å². The molecule has 1 aliphatic carbocycles. The molecular formula is C13H19BrN2OS. The molecule has 2 atom stereocenters. The number of hydrogen-bond acceptors (Lipinski definition) is 3. The number of nitrogens with zero attached hydrogens (tertiary/aromatic N) is 1. The molecule has 0 saturated heterocycles. The minimum absolute atomic E-state index is 0.0224. The van der Waals surface area contributed by atoms with Crippen molar-refractivity contribution in [1.29, 1.82) is 0 Å². The van der Waals surface area contributed by atoms with Crippen molar-refractivity contribution in [2.45, 2.75) is 45.1 Å². The topological polar surface area (TPSA) is 42.0 Å². The quantitative estimate of drug-likeness (QED) is 0.861. The molecule has 1 aliphatic rings. The van der Waals surface area contributed by atoms with Gasteiger partial charge in [-0.05, 0) is 25.7 Å². The van der Waals surface area contributed by atoms with Crippen LogP contribution in [0.15, 0.2) is 6.20 Å². The van der Waals surface area contributed by atoms with Crippen LogP contribution in [0.4, 0.5) is 0 Å². The van der Waals surface area contributed by atoms with E-state index in [0.29, 0.717) is 10.8 Å². The molecular weight excluding hydrogens is 312 g/mol. The molecule has 2 rings (SSSR count). The molecule has 1 aromatic heterocycles. The van der Waals surface area contributed by atoms with Gasteiger partial charge in [0.2, 0.25) is 0 Å². The van der Waals surface area contributed by atoms with Crippen LogP contribution < -0.4 is 5.32 Å². The molecule has 1 amide bonds. The molecule has 0 aliphatic heterocycles. The first-order chi connectivity index (χ1) is 8.54. The summed E-state index contributed by atoms with van der Waals surface area (Å²) in [6.45, 7) is 4.18. The van der Waals surface area contributed by atoms with Gasteiger partial charge in [-0.15, -0.1) is 11.3 Å². The summed E-state index contributed by atoms with van der Waals surface area (Å²) in [6.07, 6.45) is 6.25. The van der Waals surface area contributed by atoms with Gasteiger partial charge in [-0.1, -0.05) is 35.7 Å². The zero-order valence-corrected chi connectivity index (χ0v) is 13.2. The number of amides is 1. The standard InChI is InChI=1S/C13H19BrN2OS/c1-9-4-3-5-13(6-9,8-14)16-12(17)11-7-15-10(2)18-11/h7,9H,3-6,8H2,1-2H3,(H,16,17). The Hall–Kier alpha value is -0.420. The third kappa shape index (κ3) is 3.12. The fourth-order valence-corrected chi connectivity index (χ4v) is 4.02. The van der Waals surface area contributed by atoms with E-state index in [-0.39, 0.29) is 11.4 Å². The van der Waals surface area contributed by atoms with Crippen LogP contribution in [-0.2, 0) is 0 Å². The molecule has 18 heavy (non-hydrogen) atoms. The van der Waals surface area contributed by atoms with E-state index in [0.717, 1.165) is 23.2 Å². The van der Waals surface area contributed by atoms with E-state index in [1.165, 1.54) is 24.2 Å². The zero-order chi connectivity index (χ0) is 13.2. The summed E-state index contributed by atoms with van der Waals surface area (Å²) in [5.41, 5.74) is -0.0767. The van der Waals surface area contributed by atoms with Crippen molar-refractivity contribution >= 4 is 33.2 Å². The molecule has 1 heterocycles. The number of carbonyl (C=O) groups excluding carboxylic acids is 1. The predicted molar refractivity (Wildman–Crippen MR) is 78.5 cm³/mol. The van der Waals surface area contributed by atoms with E-state index in [4.69, 9.17) is 0 Å². The van der Waals surface area contributed by atoms with Crippen LogP contribution in [-0.4, -0.2) is 21.8 Å². The normalized spacial score (nSPS) is 28.1. The Balaban J connectivity index is 2.08. The summed E-state index contributed by atoms with van der Waals surface area (Å²) >= 11 is 5.03. The van der Waals surface area contributed by atoms with E-state index in [1.54, 1.807) is 6.20 Å². The largest absolute Gasteiger partial charge is 0.345 e. The monoisotopic (exact) mass is 330 g/mol. The van der Waals surface area contributed by atoms with Gasteiger partial charge in [0.25, 0.3) is 5.91 Å². The fourth-order valence-electron chi connectivity index (χ4n) is 2.70. The number of hydrogen-bond donors (Lipinski definition) is 1. The lowest BCUT2D eigenvalue weighted by molar-refractivity contribution is 0.0873. The minimum Gasteiger partial charge on any atom is -0.345 e. The minimum atomic E-state index is -0.0767. The Morgan fingerprint density at radius 3 is 3.06 bits per heavy atom. The molecule has 2 unspecified atom stereocenters. The Morgan fingerprint density at radius 2 is 2.50 bits per heavy atom. The fraction of sp³-hybridized carbons (Fsp3) is 0.692. The highest BCUT2D eigenvalue weighted by molar-refractivity contribution is 9.09. The first kappa shape index (κ1) is 14.0. The lowest BCUT2D eigenvalue weighted by Gasteiger charge is -2.39. The van der Waals surface area contributed by atoms with Crippen LogP contribution in [0.25, 0.3) is 0 Å². The van der Waals surface area contributed by atoms with Gasteiger partial charge in [-0.25, -0.2) is 4.98 Å². The number of carbonyl (C=O) groups is 1. The van der Waals surface area contributed by atoms with E-state index in [9.17, 15) is 4.79 Å². The van der Waals surface area contributed by atoms with E-state index >= 15 is 0 Å². The van der Waals surface area contributed by atoms with E-state index in [1.807, 2.05) is 6.92 Å². The maximum Gasteiger partial charge on any atom is 0.263 e. The maximum absolute atomic E-state index is 12.2. The average Bonchev–Trinajstić information content (AvgIpc) is 2.76. The number of aryl methyl sites for hydroxylation is 1. The van der Waals surface area contributed by atoms with Crippen LogP contribution in [0, 0.1) is 12.8 Å². The summed E-state index contributed by atoms with van der Waals surface area (Å²) < 4.78 is 0. The number of alkyl halides is 1. The van der Waals surface area contributed by atoms with Crippen molar-refractivity contribution in [3.8, 4) is 0 Å². The highest BCUT2D eigenvalue weighted by Crippen LogP contribution is 2.34. The van der Waals surface area contributed by atoms with Crippen LogP contribution in [0.3, 0.4) is 0 Å². The Bertz CT molecular complexity index is 434. The molecule has 0 bridgehead atoms. The van der Waals surface area contributed by atoms with Crippen molar-refractivity contribution in [3.05, 3.63) is 16.1 Å². The molecule has 1 fully saturated rings. The predicted octanol–water partition coefficient (Wildman–Crippen LogP) is 3.53. The van der Waals surface area contributed by atoms with Gasteiger partial charge in [0.15, 0.2) is 0 Å². The lowest BCUT2D eigenvalue weighted by atomic mass is 9.77. The smallest absolute Gasteiger partial charge is 0.263 e. The van der Waals surface area contributed by atoms with Crippen LogP contribution in [0.5, 0.6) is 0 Å². The van der Waals surface area contributed by atoms with Gasteiger partial charge >= 0.3 is 0 Å². The molecule has 1 saturated carbocycles. The summed E-state index contributed by atoms with van der Waals surface area (Å²) in [7, 11) is 0. The van der Waals surface area contributed by atoms with Gasteiger partial charge in [-0.2, -0.15) is 0 Å². The Labute approximate surface area is 121 Å². The van der Waals surface area contributed by atoms with Crippen molar-refractivity contribution in [3.63, 3.8) is 0 Å². The summed E-state index contributed by atoms with van der Waals surface area (Å²) in [6, 6.07) is 0. The molecule has 0 spiro atoms. The molecule has 1 aromatic rings. The number of halogens is 1. The van der Waals surface area contributed by atoms with E-state index < -0.39 is 0 Å². The third-order valence-electron chi connectivity index (χ3n) is 3.57. The average molecular weight is 331 g/mol. The second-order valence-corrected chi connectivity index (χ2v) is 7.11. The van der Waals surface area contributed by atoms with Gasteiger partial charge in [-0.3, -0.25) is 4.79 Å². The summed E-state index contributed by atoms with van der Waals surface area (Å²) in [4.78, 5) is 17.1. The Morgan fingerprint density at radius 1 is 1.72 bits per heavy atom. The van der Waals surface area contributed by atoms with E-state index in [2.05, 4.69) is 33.2 Å². The summed E-state index contributed by atoms with van der Waals surface area (Å²) in [5.74, 6) is 0.703. The maximum atomic E-state index is 12.2. The number of thiazole rings is 1. The van der Waals surface area contributed by atoms with Crippen molar-refractivity contribution < 1.29 is 4.79 Å². The zero-order valence-electron chi connectivity index (χ0n) is 10.8. The van der Waals surface area contributed by atoms with Gasteiger partial charge in [0.05, 0.1) is 16.7 Å². The molecule has 0 aromatic carbocycles.